The van der Waals surface area contributed by atoms with Crippen LogP contribution in [0.25, 0.3) is 0 Å². The molecule has 0 bridgehead atoms. The van der Waals surface area contributed by atoms with Crippen LogP contribution in [-0.4, -0.2) is 17.9 Å². The molecule has 0 aliphatic heterocycles. The maximum Gasteiger partial charge on any atom is 0.265 e. The molecule has 2 rings (SSSR count). The van der Waals surface area contributed by atoms with Crippen LogP contribution in [0.3, 0.4) is 0 Å². The second kappa shape index (κ2) is 6.62. The number of benzene rings is 1. The molecule has 116 valence electrons. The van der Waals surface area contributed by atoms with E-state index < -0.39 is 5.91 Å². The third-order valence-electron chi connectivity index (χ3n) is 2.90. The third kappa shape index (κ3) is 3.85. The number of aryl methyl sites for hydroxylation is 1. The quantitative estimate of drug-likeness (QED) is 0.888. The Morgan fingerprint density at radius 3 is 2.55 bits per heavy atom. The van der Waals surface area contributed by atoms with Gasteiger partial charge >= 0.3 is 0 Å². The Balaban J connectivity index is 2.11. The summed E-state index contributed by atoms with van der Waals surface area (Å²) in [4.78, 5) is 23.6. The number of hydrogen-bond donors (Lipinski definition) is 2. The van der Waals surface area contributed by atoms with Gasteiger partial charge in [-0.2, -0.15) is 0 Å². The molecule has 0 saturated carbocycles. The number of nitrogens with two attached hydrogens (primary N) is 1. The van der Waals surface area contributed by atoms with E-state index in [1.54, 1.807) is 11.4 Å². The van der Waals surface area contributed by atoms with Crippen LogP contribution in [0.1, 0.15) is 39.4 Å². The first-order chi connectivity index (χ1) is 10.4. The Kier molecular flexibility index (Phi) is 4.82. The SMILES string of the molecule is Cc1cc(NC(=O)c2cc(C(N)=O)cs2)ccc1OC(C)C. The molecule has 0 fully saturated rings. The largest absolute Gasteiger partial charge is 0.491 e. The van der Waals surface area contributed by atoms with E-state index in [4.69, 9.17) is 10.5 Å². The summed E-state index contributed by atoms with van der Waals surface area (Å²) < 4.78 is 5.66. The first-order valence-electron chi connectivity index (χ1n) is 6.84. The molecule has 0 aliphatic rings. The molecule has 1 aromatic carbocycles. The molecule has 22 heavy (non-hydrogen) atoms. The van der Waals surface area contributed by atoms with Crippen LogP contribution in [0.15, 0.2) is 29.6 Å². The molecular formula is C16H18N2O3S. The second-order valence-electron chi connectivity index (χ2n) is 5.16. The van der Waals surface area contributed by atoms with Crippen LogP contribution in [0, 0.1) is 6.92 Å². The Bertz CT molecular complexity index is 707. The van der Waals surface area contributed by atoms with E-state index in [0.29, 0.717) is 16.1 Å². The normalized spacial score (nSPS) is 10.5. The lowest BCUT2D eigenvalue weighted by Crippen LogP contribution is -2.12. The van der Waals surface area contributed by atoms with Gasteiger partial charge in [0.2, 0.25) is 5.91 Å². The van der Waals surface area contributed by atoms with Crippen molar-refractivity contribution in [3.8, 4) is 5.75 Å². The molecule has 0 unspecified atom stereocenters. The summed E-state index contributed by atoms with van der Waals surface area (Å²) in [6, 6.07) is 6.95. The van der Waals surface area contributed by atoms with Gasteiger partial charge in [0, 0.05) is 11.1 Å². The summed E-state index contributed by atoms with van der Waals surface area (Å²) in [5.41, 5.74) is 7.13. The number of thiophene rings is 1. The second-order valence-corrected chi connectivity index (χ2v) is 6.08. The van der Waals surface area contributed by atoms with Gasteiger partial charge in [-0.25, -0.2) is 0 Å². The molecule has 1 aromatic heterocycles. The Labute approximate surface area is 133 Å². The lowest BCUT2D eigenvalue weighted by Gasteiger charge is -2.13. The molecular weight excluding hydrogens is 300 g/mol. The lowest BCUT2D eigenvalue weighted by molar-refractivity contribution is 0.100. The monoisotopic (exact) mass is 318 g/mol. The highest BCUT2D eigenvalue weighted by Gasteiger charge is 2.12. The summed E-state index contributed by atoms with van der Waals surface area (Å²) in [6.07, 6.45) is 0.0949. The number of carbonyl (C=O) groups excluding carboxylic acids is 2. The molecule has 1 heterocycles. The van der Waals surface area contributed by atoms with Gasteiger partial charge in [0.05, 0.1) is 16.5 Å². The molecule has 3 N–H and O–H groups in total. The van der Waals surface area contributed by atoms with Gasteiger partial charge < -0.3 is 15.8 Å². The van der Waals surface area contributed by atoms with E-state index in [-0.39, 0.29) is 12.0 Å². The first-order valence-corrected chi connectivity index (χ1v) is 7.71. The minimum absolute atomic E-state index is 0.0949. The van der Waals surface area contributed by atoms with Crippen molar-refractivity contribution >= 4 is 28.8 Å². The van der Waals surface area contributed by atoms with Gasteiger partial charge in [0.15, 0.2) is 0 Å². The zero-order valence-corrected chi connectivity index (χ0v) is 13.5. The van der Waals surface area contributed by atoms with Crippen molar-refractivity contribution in [2.75, 3.05) is 5.32 Å². The van der Waals surface area contributed by atoms with Gasteiger partial charge in [0.1, 0.15) is 5.75 Å². The number of primary amides is 1. The van der Waals surface area contributed by atoms with Gasteiger partial charge in [-0.05, 0) is 50.6 Å². The van der Waals surface area contributed by atoms with Crippen molar-refractivity contribution in [2.45, 2.75) is 26.9 Å². The van der Waals surface area contributed by atoms with E-state index >= 15 is 0 Å². The van der Waals surface area contributed by atoms with Crippen molar-refractivity contribution < 1.29 is 14.3 Å². The summed E-state index contributed by atoms with van der Waals surface area (Å²) in [7, 11) is 0. The van der Waals surface area contributed by atoms with Crippen molar-refractivity contribution in [1.29, 1.82) is 0 Å². The average molecular weight is 318 g/mol. The predicted molar refractivity (Wildman–Crippen MR) is 87.7 cm³/mol. The van der Waals surface area contributed by atoms with Crippen LogP contribution in [0.4, 0.5) is 5.69 Å². The standard InChI is InChI=1S/C16H18N2O3S/c1-9(2)21-13-5-4-12(6-10(13)3)18-16(20)14-7-11(8-22-14)15(17)19/h4-9H,1-3H3,(H2,17,19)(H,18,20). The number of hydrogen-bond acceptors (Lipinski definition) is 4. The topological polar surface area (TPSA) is 81.4 Å². The fourth-order valence-electron chi connectivity index (χ4n) is 1.89. The Morgan fingerprint density at radius 1 is 1.27 bits per heavy atom. The lowest BCUT2D eigenvalue weighted by atomic mass is 10.2. The van der Waals surface area contributed by atoms with Crippen LogP contribution in [0.2, 0.25) is 0 Å². The van der Waals surface area contributed by atoms with E-state index in [1.165, 1.54) is 17.4 Å². The number of carbonyl (C=O) groups is 2. The number of anilines is 1. The van der Waals surface area contributed by atoms with E-state index in [2.05, 4.69) is 5.32 Å². The molecule has 0 spiro atoms. The smallest absolute Gasteiger partial charge is 0.265 e. The van der Waals surface area contributed by atoms with E-state index in [0.717, 1.165) is 11.3 Å². The van der Waals surface area contributed by atoms with Crippen molar-refractivity contribution in [1.82, 2.24) is 0 Å². The third-order valence-corrected chi connectivity index (χ3v) is 3.83. The van der Waals surface area contributed by atoms with Crippen molar-refractivity contribution in [3.05, 3.63) is 45.6 Å². The highest BCUT2D eigenvalue weighted by molar-refractivity contribution is 7.12. The van der Waals surface area contributed by atoms with Gasteiger partial charge in [-0.3, -0.25) is 9.59 Å². The Morgan fingerprint density at radius 2 is 2.00 bits per heavy atom. The number of ether oxygens (including phenoxy) is 1. The minimum Gasteiger partial charge on any atom is -0.491 e. The van der Waals surface area contributed by atoms with Gasteiger partial charge in [-0.1, -0.05) is 0 Å². The number of amides is 2. The van der Waals surface area contributed by atoms with Crippen LogP contribution < -0.4 is 15.8 Å². The molecule has 2 aromatic rings. The molecule has 6 heteroatoms. The van der Waals surface area contributed by atoms with Crippen molar-refractivity contribution in [2.24, 2.45) is 5.73 Å². The van der Waals surface area contributed by atoms with E-state index in [9.17, 15) is 9.59 Å². The fraction of sp³-hybridized carbons (Fsp3) is 0.250. The Hall–Kier alpha value is -2.34. The molecule has 0 radical (unpaired) electrons. The summed E-state index contributed by atoms with van der Waals surface area (Å²) in [5, 5.41) is 4.37. The highest BCUT2D eigenvalue weighted by Crippen LogP contribution is 2.24. The summed E-state index contributed by atoms with van der Waals surface area (Å²) >= 11 is 1.18. The fourth-order valence-corrected chi connectivity index (χ4v) is 2.68. The molecule has 0 aliphatic carbocycles. The molecule has 5 nitrogen and oxygen atoms in total. The number of rotatable bonds is 5. The summed E-state index contributed by atoms with van der Waals surface area (Å²) in [6.45, 7) is 5.84. The van der Waals surface area contributed by atoms with Crippen LogP contribution >= 0.6 is 11.3 Å². The van der Waals surface area contributed by atoms with E-state index in [1.807, 2.05) is 32.9 Å². The van der Waals surface area contributed by atoms with Gasteiger partial charge in [0.25, 0.3) is 5.91 Å². The van der Waals surface area contributed by atoms with Crippen LogP contribution in [-0.2, 0) is 0 Å². The van der Waals surface area contributed by atoms with Crippen LogP contribution in [0.5, 0.6) is 5.75 Å². The predicted octanol–water partition coefficient (Wildman–Crippen LogP) is 3.19. The maximum absolute atomic E-state index is 12.1. The summed E-state index contributed by atoms with van der Waals surface area (Å²) in [5.74, 6) is -0.0177. The molecule has 2 amide bonds. The zero-order valence-electron chi connectivity index (χ0n) is 12.7. The first kappa shape index (κ1) is 16.0. The highest BCUT2D eigenvalue weighted by atomic mass is 32.1. The zero-order chi connectivity index (χ0) is 16.3. The minimum atomic E-state index is -0.540. The van der Waals surface area contributed by atoms with Crippen molar-refractivity contribution in [3.63, 3.8) is 0 Å². The average Bonchev–Trinajstić information content (AvgIpc) is 2.91. The molecule has 0 atom stereocenters. The number of nitrogens with one attached hydrogen (secondary N) is 1. The molecule has 0 saturated heterocycles. The van der Waals surface area contributed by atoms with Gasteiger partial charge in [-0.15, -0.1) is 11.3 Å². The maximum atomic E-state index is 12.1.